The molecule has 1 saturated heterocycles. The van der Waals surface area contributed by atoms with Crippen molar-refractivity contribution in [3.63, 3.8) is 0 Å². The van der Waals surface area contributed by atoms with Crippen LogP contribution in [0.2, 0.25) is 0 Å². The fourth-order valence-electron chi connectivity index (χ4n) is 5.88. The van der Waals surface area contributed by atoms with Crippen molar-refractivity contribution < 1.29 is 9.47 Å². The normalized spacial score (nSPS) is 14.3. The Balaban J connectivity index is 1.42. The number of aromatic amines is 1. The van der Waals surface area contributed by atoms with Crippen LogP contribution in [0.5, 0.6) is 11.5 Å². The number of nitrogens with zero attached hydrogens (tertiary/aromatic N) is 3. The van der Waals surface area contributed by atoms with E-state index < -0.39 is 0 Å². The van der Waals surface area contributed by atoms with Gasteiger partial charge in [-0.2, -0.15) is 4.52 Å². The number of anilines is 1. The van der Waals surface area contributed by atoms with Crippen molar-refractivity contribution in [1.29, 1.82) is 0 Å². The Hall–Kier alpha value is -4.52. The molecular formula is C34H36N4O3. The average molecular weight is 549 g/mol. The minimum atomic E-state index is -0.209. The van der Waals surface area contributed by atoms with Crippen LogP contribution in [0.25, 0.3) is 16.9 Å². The highest BCUT2D eigenvalue weighted by Gasteiger charge is 2.26. The van der Waals surface area contributed by atoms with E-state index >= 15 is 0 Å². The van der Waals surface area contributed by atoms with E-state index in [-0.39, 0.29) is 11.5 Å². The van der Waals surface area contributed by atoms with Crippen molar-refractivity contribution in [2.75, 3.05) is 25.1 Å². The van der Waals surface area contributed by atoms with E-state index in [9.17, 15) is 4.79 Å². The maximum atomic E-state index is 14.2. The average Bonchev–Trinajstić information content (AvgIpc) is 3.40. The van der Waals surface area contributed by atoms with E-state index in [4.69, 9.17) is 14.5 Å². The summed E-state index contributed by atoms with van der Waals surface area (Å²) in [5.41, 5.74) is 7.02. The number of methoxy groups -OCH3 is 1. The van der Waals surface area contributed by atoms with Gasteiger partial charge in [0.15, 0.2) is 17.1 Å². The molecule has 2 aromatic heterocycles. The topological polar surface area (TPSA) is 71.9 Å². The first-order chi connectivity index (χ1) is 20.0. The van der Waals surface area contributed by atoms with Crippen LogP contribution in [-0.4, -0.2) is 34.8 Å². The predicted molar refractivity (Wildman–Crippen MR) is 163 cm³/mol. The van der Waals surface area contributed by atoms with E-state index in [1.54, 1.807) is 11.6 Å². The van der Waals surface area contributed by atoms with E-state index in [1.807, 2.05) is 80.6 Å². The fourth-order valence-corrected chi connectivity index (χ4v) is 5.88. The molecule has 0 radical (unpaired) electrons. The molecule has 3 heterocycles. The zero-order valence-corrected chi connectivity index (χ0v) is 23.9. The van der Waals surface area contributed by atoms with Crippen molar-refractivity contribution in [3.05, 3.63) is 112 Å². The molecule has 1 N–H and O–H groups in total. The highest BCUT2D eigenvalue weighted by Crippen LogP contribution is 2.37. The smallest absolute Gasteiger partial charge is 0.276 e. The molecule has 210 valence electrons. The van der Waals surface area contributed by atoms with Crippen LogP contribution in [0.3, 0.4) is 0 Å². The van der Waals surface area contributed by atoms with Crippen molar-refractivity contribution in [1.82, 2.24) is 14.6 Å². The number of nitrogens with one attached hydrogen (secondary N) is 1. The van der Waals surface area contributed by atoms with E-state index in [0.29, 0.717) is 29.3 Å². The molecule has 0 amide bonds. The largest absolute Gasteiger partial charge is 0.493 e. The number of H-pyrrole nitrogens is 1. The van der Waals surface area contributed by atoms with Crippen molar-refractivity contribution in [2.24, 2.45) is 0 Å². The monoisotopic (exact) mass is 548 g/mol. The molecule has 1 atom stereocenters. The molecule has 6 rings (SSSR count). The van der Waals surface area contributed by atoms with Crippen LogP contribution in [0.1, 0.15) is 54.5 Å². The van der Waals surface area contributed by atoms with Crippen LogP contribution in [0, 0.1) is 6.92 Å². The minimum Gasteiger partial charge on any atom is -0.493 e. The summed E-state index contributed by atoms with van der Waals surface area (Å²) in [4.78, 5) is 21.6. The third-order valence-electron chi connectivity index (χ3n) is 8.07. The van der Waals surface area contributed by atoms with Crippen molar-refractivity contribution in [2.45, 2.75) is 45.6 Å². The summed E-state index contributed by atoms with van der Waals surface area (Å²) in [6.45, 7) is 6.33. The van der Waals surface area contributed by atoms with Gasteiger partial charge in [-0.25, -0.2) is 4.98 Å². The van der Waals surface area contributed by atoms with Gasteiger partial charge in [0.1, 0.15) is 12.3 Å². The lowest BCUT2D eigenvalue weighted by Crippen LogP contribution is -2.30. The minimum absolute atomic E-state index is 0.0805. The second-order valence-corrected chi connectivity index (χ2v) is 10.7. The van der Waals surface area contributed by atoms with Crippen LogP contribution in [0.15, 0.2) is 83.7 Å². The summed E-state index contributed by atoms with van der Waals surface area (Å²) in [7, 11) is 1.64. The zero-order valence-electron chi connectivity index (χ0n) is 23.9. The first-order valence-corrected chi connectivity index (χ1v) is 14.4. The summed E-state index contributed by atoms with van der Waals surface area (Å²) in [5.74, 6) is 1.09. The Morgan fingerprint density at radius 2 is 1.63 bits per heavy atom. The van der Waals surface area contributed by atoms with E-state index in [1.165, 1.54) is 6.42 Å². The SMILES string of the molecule is COc1ccc(C(C)c2c(C)nc3c(N4CCCCC4)c(-c4ccccc4)[nH]n3c2=O)cc1OCc1ccccc1. The highest BCUT2D eigenvalue weighted by molar-refractivity contribution is 5.86. The van der Waals surface area contributed by atoms with Crippen LogP contribution < -0.4 is 19.9 Å². The molecule has 7 nitrogen and oxygen atoms in total. The molecule has 0 aliphatic carbocycles. The molecule has 41 heavy (non-hydrogen) atoms. The predicted octanol–water partition coefficient (Wildman–Crippen LogP) is 6.73. The molecule has 1 fully saturated rings. The number of aromatic nitrogens is 3. The third kappa shape index (κ3) is 5.20. The lowest BCUT2D eigenvalue weighted by atomic mass is 9.92. The van der Waals surface area contributed by atoms with Gasteiger partial charge in [0.2, 0.25) is 0 Å². The molecule has 1 unspecified atom stereocenters. The molecule has 7 heteroatoms. The Labute approximate surface area is 240 Å². The number of ether oxygens (including phenoxy) is 2. The van der Waals surface area contributed by atoms with Gasteiger partial charge in [-0.15, -0.1) is 0 Å². The van der Waals surface area contributed by atoms with Crippen LogP contribution in [-0.2, 0) is 6.61 Å². The Morgan fingerprint density at radius 3 is 2.34 bits per heavy atom. The van der Waals surface area contributed by atoms with E-state index in [0.717, 1.165) is 59.7 Å². The second-order valence-electron chi connectivity index (χ2n) is 10.7. The fraction of sp³-hybridized carbons (Fsp3) is 0.294. The molecule has 1 aliphatic heterocycles. The molecule has 0 saturated carbocycles. The Morgan fingerprint density at radius 1 is 0.927 bits per heavy atom. The summed E-state index contributed by atoms with van der Waals surface area (Å²) in [5, 5.41) is 3.44. The molecular weight excluding hydrogens is 512 g/mol. The standard InChI is InChI=1S/C34H36N4O3/c1-23(27-17-18-28(40-3)29(21-27)41-22-25-13-7-4-8-14-25)30-24(2)35-33-32(37-19-11-6-12-20-37)31(36-38(33)34(30)39)26-15-9-5-10-16-26/h4-5,7-10,13-18,21,23,36H,6,11-12,19-20,22H2,1-3H3. The zero-order chi connectivity index (χ0) is 28.3. The van der Waals surface area contributed by atoms with Gasteiger partial charge >= 0.3 is 0 Å². The van der Waals surface area contributed by atoms with E-state index in [2.05, 4.69) is 22.1 Å². The summed E-state index contributed by atoms with van der Waals surface area (Å²) >= 11 is 0. The lowest BCUT2D eigenvalue weighted by molar-refractivity contribution is 0.284. The quantitative estimate of drug-likeness (QED) is 0.233. The van der Waals surface area contributed by atoms with Crippen LogP contribution >= 0.6 is 0 Å². The Bertz CT molecular complexity index is 1700. The molecule has 1 aliphatic rings. The highest BCUT2D eigenvalue weighted by atomic mass is 16.5. The van der Waals surface area contributed by atoms with Gasteiger partial charge in [0.25, 0.3) is 5.56 Å². The number of benzene rings is 3. The van der Waals surface area contributed by atoms with Crippen molar-refractivity contribution >= 4 is 11.3 Å². The number of rotatable bonds is 8. The number of hydrogen-bond donors (Lipinski definition) is 1. The maximum Gasteiger partial charge on any atom is 0.276 e. The van der Waals surface area contributed by atoms with Gasteiger partial charge < -0.3 is 14.4 Å². The summed E-state index contributed by atoms with van der Waals surface area (Å²) < 4.78 is 13.4. The maximum absolute atomic E-state index is 14.2. The molecule has 0 bridgehead atoms. The lowest BCUT2D eigenvalue weighted by Gasteiger charge is -2.28. The second kappa shape index (κ2) is 11.5. The first kappa shape index (κ1) is 26.7. The Kier molecular flexibility index (Phi) is 7.51. The van der Waals surface area contributed by atoms with Gasteiger partial charge in [-0.1, -0.05) is 73.7 Å². The van der Waals surface area contributed by atoms with Gasteiger partial charge in [0.05, 0.1) is 12.8 Å². The number of piperidine rings is 1. The number of hydrogen-bond acceptors (Lipinski definition) is 5. The number of fused-ring (bicyclic) bond motifs is 1. The summed E-state index contributed by atoms with van der Waals surface area (Å²) in [6, 6.07) is 26.1. The number of aryl methyl sites for hydroxylation is 1. The van der Waals surface area contributed by atoms with Gasteiger partial charge in [0, 0.05) is 35.8 Å². The molecule has 0 spiro atoms. The first-order valence-electron chi connectivity index (χ1n) is 14.4. The summed E-state index contributed by atoms with van der Waals surface area (Å²) in [6.07, 6.45) is 3.50. The molecule has 5 aromatic rings. The van der Waals surface area contributed by atoms with Crippen molar-refractivity contribution in [3.8, 4) is 22.8 Å². The van der Waals surface area contributed by atoms with Gasteiger partial charge in [-0.05, 0) is 49.4 Å². The van der Waals surface area contributed by atoms with Crippen LogP contribution in [0.4, 0.5) is 5.69 Å². The third-order valence-corrected chi connectivity index (χ3v) is 8.07. The van der Waals surface area contributed by atoms with Gasteiger partial charge in [-0.3, -0.25) is 9.89 Å². The molecule has 3 aromatic carbocycles.